The third-order valence-electron chi connectivity index (χ3n) is 6.50. The molecule has 0 unspecified atom stereocenters. The number of benzene rings is 4. The summed E-state index contributed by atoms with van der Waals surface area (Å²) in [6.07, 6.45) is 0.159. The fourth-order valence-electron chi connectivity index (χ4n) is 4.61. The number of fused-ring (bicyclic) bond motifs is 2. The van der Waals surface area contributed by atoms with Gasteiger partial charge >= 0.3 is 0 Å². The van der Waals surface area contributed by atoms with Crippen LogP contribution in [0, 0.1) is 13.8 Å². The van der Waals surface area contributed by atoms with Crippen LogP contribution in [-0.4, -0.2) is 36.7 Å². The number of carbonyl (C=O) groups excluding carboxylic acids is 1. The molecule has 11 heteroatoms. The van der Waals surface area contributed by atoms with Crippen molar-refractivity contribution in [2.75, 3.05) is 5.32 Å². The van der Waals surface area contributed by atoms with Gasteiger partial charge in [-0.3, -0.25) is 18.9 Å². The van der Waals surface area contributed by atoms with Crippen LogP contribution in [0.3, 0.4) is 0 Å². The maximum absolute atomic E-state index is 12.9. The quantitative estimate of drug-likeness (QED) is 0.164. The van der Waals surface area contributed by atoms with E-state index in [1.165, 1.54) is 6.07 Å². The number of ketones is 1. The zero-order valence-corrected chi connectivity index (χ0v) is 23.0. The van der Waals surface area contributed by atoms with Crippen molar-refractivity contribution in [3.05, 3.63) is 101 Å². The molecule has 4 aromatic carbocycles. The van der Waals surface area contributed by atoms with Crippen LogP contribution in [0.2, 0.25) is 0 Å². The van der Waals surface area contributed by atoms with Crippen molar-refractivity contribution < 1.29 is 30.7 Å². The van der Waals surface area contributed by atoms with Gasteiger partial charge in [-0.05, 0) is 61.2 Å². The average Bonchev–Trinajstić information content (AvgIpc) is 2.87. The van der Waals surface area contributed by atoms with Crippen molar-refractivity contribution in [3.8, 4) is 0 Å². The van der Waals surface area contributed by atoms with E-state index in [-0.39, 0.29) is 28.7 Å². The first kappa shape index (κ1) is 27.4. The molecule has 0 atom stereocenters. The minimum absolute atomic E-state index is 0.0331. The van der Waals surface area contributed by atoms with Crippen molar-refractivity contribution in [1.82, 2.24) is 4.98 Å². The lowest BCUT2D eigenvalue weighted by atomic mass is 10.00. The van der Waals surface area contributed by atoms with Crippen LogP contribution in [0.5, 0.6) is 0 Å². The summed E-state index contributed by atoms with van der Waals surface area (Å²) in [6.45, 7) is 3.74. The molecule has 0 fully saturated rings. The molecule has 0 aliphatic rings. The minimum atomic E-state index is -4.89. The van der Waals surface area contributed by atoms with Gasteiger partial charge in [0, 0.05) is 39.8 Å². The van der Waals surface area contributed by atoms with Crippen molar-refractivity contribution in [2.45, 2.75) is 30.1 Å². The summed E-state index contributed by atoms with van der Waals surface area (Å²) in [4.78, 5) is 16.1. The monoisotopic (exact) mass is 576 g/mol. The van der Waals surface area contributed by atoms with E-state index in [4.69, 9.17) is 0 Å². The molecule has 1 aromatic heterocycles. The van der Waals surface area contributed by atoms with Gasteiger partial charge in [0.2, 0.25) is 0 Å². The molecule has 9 nitrogen and oxygen atoms in total. The van der Waals surface area contributed by atoms with Gasteiger partial charge in [0.25, 0.3) is 20.2 Å². The zero-order chi connectivity index (χ0) is 28.8. The van der Waals surface area contributed by atoms with Gasteiger partial charge in [0.05, 0.1) is 10.4 Å². The third kappa shape index (κ3) is 5.58. The average molecular weight is 577 g/mol. The highest BCUT2D eigenvalue weighted by molar-refractivity contribution is 7.86. The Bertz CT molecular complexity index is 2040. The van der Waals surface area contributed by atoms with Crippen LogP contribution in [0.4, 0.5) is 11.4 Å². The lowest BCUT2D eigenvalue weighted by molar-refractivity contribution is 0.0993. The van der Waals surface area contributed by atoms with Gasteiger partial charge in [-0.15, -0.1) is 0 Å². The SMILES string of the molecule is Cc1ccc(C(=O)Cc2ccc3nc(C)cc(Nc4cccc5cc(S(=O)(=O)O)cc(S(=O)(=O)O)c45)c3c2)cc1. The van der Waals surface area contributed by atoms with Crippen LogP contribution in [0.15, 0.2) is 88.7 Å². The Labute approximate surface area is 231 Å². The molecule has 0 radical (unpaired) electrons. The standard InChI is InChI=1S/C29H24N2O7S2/c1-17-6-9-20(10-7-17)27(32)14-19-8-11-24-23(13-19)26(12-18(2)30-24)31-25-5-3-4-21-15-22(39(33,34)35)16-28(29(21)25)40(36,37)38/h3-13,15-16H,14H2,1-2H3,(H,30,31)(H,33,34,35)(H,36,37,38). The Morgan fingerprint density at radius 3 is 2.23 bits per heavy atom. The number of carbonyl (C=O) groups is 1. The number of nitrogens with zero attached hydrogens (tertiary/aromatic N) is 1. The molecule has 0 bridgehead atoms. The number of aryl methyl sites for hydroxylation is 2. The van der Waals surface area contributed by atoms with Crippen molar-refractivity contribution in [3.63, 3.8) is 0 Å². The lowest BCUT2D eigenvalue weighted by Crippen LogP contribution is -2.06. The van der Waals surface area contributed by atoms with E-state index in [0.29, 0.717) is 33.9 Å². The maximum Gasteiger partial charge on any atom is 0.295 e. The molecule has 204 valence electrons. The van der Waals surface area contributed by atoms with Gasteiger partial charge in [0.1, 0.15) is 4.90 Å². The second-order valence-electron chi connectivity index (χ2n) is 9.53. The molecule has 0 saturated carbocycles. The van der Waals surface area contributed by atoms with E-state index in [0.717, 1.165) is 17.2 Å². The predicted octanol–water partition coefficient (Wildman–Crippen LogP) is 5.67. The summed E-state index contributed by atoms with van der Waals surface area (Å²) in [6, 6.07) is 21.0. The molecule has 3 N–H and O–H groups in total. The second-order valence-corrected chi connectivity index (χ2v) is 12.3. The highest BCUT2D eigenvalue weighted by atomic mass is 32.2. The van der Waals surface area contributed by atoms with E-state index in [2.05, 4.69) is 10.3 Å². The van der Waals surface area contributed by atoms with E-state index in [1.807, 2.05) is 31.2 Å². The van der Waals surface area contributed by atoms with Crippen LogP contribution in [-0.2, 0) is 26.7 Å². The third-order valence-corrected chi connectivity index (χ3v) is 8.21. The number of rotatable bonds is 7. The summed E-state index contributed by atoms with van der Waals surface area (Å²) < 4.78 is 67.6. The summed E-state index contributed by atoms with van der Waals surface area (Å²) in [5.41, 5.74) is 4.53. The second kappa shape index (κ2) is 10.1. The largest absolute Gasteiger partial charge is 0.354 e. The first-order valence-corrected chi connectivity index (χ1v) is 15.0. The van der Waals surface area contributed by atoms with Gasteiger partial charge in [-0.2, -0.15) is 16.8 Å². The van der Waals surface area contributed by atoms with Gasteiger partial charge in [0.15, 0.2) is 5.78 Å². The van der Waals surface area contributed by atoms with Crippen molar-refractivity contribution in [1.29, 1.82) is 0 Å². The zero-order valence-electron chi connectivity index (χ0n) is 21.4. The predicted molar refractivity (Wildman–Crippen MR) is 153 cm³/mol. The van der Waals surface area contributed by atoms with E-state index < -0.39 is 30.0 Å². The topological polar surface area (TPSA) is 151 Å². The van der Waals surface area contributed by atoms with Crippen LogP contribution < -0.4 is 5.32 Å². The number of anilines is 2. The Morgan fingerprint density at radius 1 is 0.825 bits per heavy atom. The molecule has 5 aromatic rings. The summed E-state index contributed by atoms with van der Waals surface area (Å²) >= 11 is 0. The van der Waals surface area contributed by atoms with Crippen molar-refractivity contribution in [2.24, 2.45) is 0 Å². The normalized spacial score (nSPS) is 12.1. The number of hydrogen-bond acceptors (Lipinski definition) is 7. The van der Waals surface area contributed by atoms with Gasteiger partial charge < -0.3 is 5.32 Å². The summed E-state index contributed by atoms with van der Waals surface area (Å²) in [7, 11) is -9.64. The minimum Gasteiger partial charge on any atom is -0.354 e. The number of Topliss-reactive ketones (excluding diaryl/α,β-unsaturated/α-hetero) is 1. The maximum atomic E-state index is 12.9. The summed E-state index contributed by atoms with van der Waals surface area (Å²) in [5.74, 6) is -0.0459. The molecular formula is C29H24N2O7S2. The van der Waals surface area contributed by atoms with E-state index >= 15 is 0 Å². The fraction of sp³-hybridized carbons (Fsp3) is 0.103. The first-order valence-electron chi connectivity index (χ1n) is 12.1. The molecule has 40 heavy (non-hydrogen) atoms. The molecule has 0 saturated heterocycles. The first-order chi connectivity index (χ1) is 18.8. The number of aromatic nitrogens is 1. The molecule has 0 aliphatic heterocycles. The highest BCUT2D eigenvalue weighted by Crippen LogP contribution is 2.36. The van der Waals surface area contributed by atoms with E-state index in [1.54, 1.807) is 43.3 Å². The molecule has 0 aliphatic carbocycles. The molecule has 1 heterocycles. The number of hydrogen-bond donors (Lipinski definition) is 3. The fourth-order valence-corrected chi connectivity index (χ4v) is 5.99. The Kier molecular flexibility index (Phi) is 6.92. The molecule has 0 amide bonds. The Balaban J connectivity index is 1.62. The molecular weight excluding hydrogens is 552 g/mol. The van der Waals surface area contributed by atoms with Crippen LogP contribution in [0.1, 0.15) is 27.2 Å². The lowest BCUT2D eigenvalue weighted by Gasteiger charge is -2.16. The van der Waals surface area contributed by atoms with Crippen LogP contribution >= 0.6 is 0 Å². The van der Waals surface area contributed by atoms with Crippen molar-refractivity contribution >= 4 is 59.1 Å². The smallest absolute Gasteiger partial charge is 0.295 e. The van der Waals surface area contributed by atoms with E-state index in [9.17, 15) is 30.7 Å². The van der Waals surface area contributed by atoms with Gasteiger partial charge in [-0.25, -0.2) is 0 Å². The molecule has 5 rings (SSSR count). The Morgan fingerprint density at radius 2 is 1.55 bits per heavy atom. The number of pyridine rings is 1. The molecule has 0 spiro atoms. The van der Waals surface area contributed by atoms with Gasteiger partial charge in [-0.1, -0.05) is 48.0 Å². The summed E-state index contributed by atoms with van der Waals surface area (Å²) in [5, 5.41) is 4.07. The Hall–Kier alpha value is -4.16. The van der Waals surface area contributed by atoms with Crippen LogP contribution in [0.25, 0.3) is 21.7 Å². The highest BCUT2D eigenvalue weighted by Gasteiger charge is 2.23. The number of nitrogens with one attached hydrogen (secondary N) is 1.